The number of carbonyl (C=O) groups is 2. The first kappa shape index (κ1) is 23.0. The van der Waals surface area contributed by atoms with Gasteiger partial charge in [-0.1, -0.05) is 0 Å². The minimum atomic E-state index is -1.79. The largest absolute Gasteiger partial charge is 0.481 e. The van der Waals surface area contributed by atoms with Gasteiger partial charge in [0.2, 0.25) is 0 Å². The minimum absolute atomic E-state index is 0. The molecular weight excluding hydrogens is 190 g/mol. The second-order valence-corrected chi connectivity index (χ2v) is 1.45. The first-order chi connectivity index (χ1) is 4.04. The molecule has 1 atom stereocenters. The Morgan fingerprint density at radius 2 is 1.50 bits per heavy atom. The fourth-order valence-electron chi connectivity index (χ4n) is 0.253. The first-order valence-electron chi connectivity index (χ1n) is 2.16. The summed E-state index contributed by atoms with van der Waals surface area (Å²) in [6.45, 7) is 0. The molecule has 0 fully saturated rings. The van der Waals surface area contributed by atoms with Gasteiger partial charge in [-0.05, 0) is 0 Å². The maximum atomic E-state index is 9.72. The Labute approximate surface area is 113 Å². The molecule has 0 aliphatic heterocycles. The monoisotopic (exact) mass is 198 g/mol. The second kappa shape index (κ2) is 11.9. The fraction of sp³-hybridized carbons (Fsp3) is 0.500. The van der Waals surface area contributed by atoms with Gasteiger partial charge < -0.3 is 20.8 Å². The summed E-state index contributed by atoms with van der Waals surface area (Å²) in [5.74, 6) is -2.85. The van der Waals surface area contributed by atoms with Gasteiger partial charge in [-0.3, -0.25) is 4.79 Å². The molecule has 0 aliphatic carbocycles. The van der Waals surface area contributed by atoms with Crippen molar-refractivity contribution in [1.82, 2.24) is 0 Å². The molecule has 0 saturated carbocycles. The zero-order valence-corrected chi connectivity index (χ0v) is 10.9. The van der Waals surface area contributed by atoms with Crippen molar-refractivity contribution in [3.05, 3.63) is 0 Å². The molecular formula is C4H8Na2O6. The summed E-state index contributed by atoms with van der Waals surface area (Å²) in [6.07, 6.45) is -2.54. The number of carboxylic acid groups (broad SMARTS) is 2. The van der Waals surface area contributed by atoms with E-state index in [-0.39, 0.29) is 64.6 Å². The van der Waals surface area contributed by atoms with Crippen LogP contribution in [0.15, 0.2) is 0 Å². The number of aliphatic hydroxyl groups is 1. The molecule has 6 nitrogen and oxygen atoms in total. The third-order valence-electron chi connectivity index (χ3n) is 0.653. The van der Waals surface area contributed by atoms with E-state index in [1.54, 1.807) is 0 Å². The maximum absolute atomic E-state index is 9.72. The van der Waals surface area contributed by atoms with Gasteiger partial charge in [0, 0.05) is 59.1 Å². The summed E-state index contributed by atoms with van der Waals surface area (Å²) in [5.41, 5.74) is 0. The van der Waals surface area contributed by atoms with Crippen molar-refractivity contribution >= 4 is 71.1 Å². The van der Waals surface area contributed by atoms with Crippen LogP contribution in [0.4, 0.5) is 0 Å². The molecule has 0 saturated heterocycles. The smallest absolute Gasteiger partial charge is 0.333 e. The summed E-state index contributed by atoms with van der Waals surface area (Å²) in [4.78, 5) is 19.4. The molecule has 0 aromatic carbocycles. The summed E-state index contributed by atoms with van der Waals surface area (Å²) in [5, 5.41) is 24.1. The molecule has 0 amide bonds. The van der Waals surface area contributed by atoms with E-state index in [2.05, 4.69) is 0 Å². The molecule has 0 aromatic rings. The third kappa shape index (κ3) is 13.4. The molecule has 0 unspecified atom stereocenters. The predicted molar refractivity (Wildman–Crippen MR) is 41.0 cm³/mol. The van der Waals surface area contributed by atoms with Crippen molar-refractivity contribution in [2.75, 3.05) is 0 Å². The zero-order chi connectivity index (χ0) is 7.44. The normalized spacial score (nSPS) is 9.42. The van der Waals surface area contributed by atoms with E-state index in [0.717, 1.165) is 0 Å². The van der Waals surface area contributed by atoms with Gasteiger partial charge >= 0.3 is 11.9 Å². The van der Waals surface area contributed by atoms with Crippen LogP contribution in [0, 0.1) is 0 Å². The molecule has 0 bridgehead atoms. The van der Waals surface area contributed by atoms with Crippen LogP contribution in [0.5, 0.6) is 0 Å². The summed E-state index contributed by atoms with van der Waals surface area (Å²) >= 11 is 0. The number of carboxylic acids is 2. The molecule has 0 rings (SSSR count). The molecule has 2 radical (unpaired) electrons. The average Bonchev–Trinajstić information content (AvgIpc) is 1.63. The van der Waals surface area contributed by atoms with Crippen molar-refractivity contribution in [3.63, 3.8) is 0 Å². The summed E-state index contributed by atoms with van der Waals surface area (Å²) in [7, 11) is 0. The number of rotatable bonds is 3. The quantitative estimate of drug-likeness (QED) is 0.426. The van der Waals surface area contributed by atoms with Gasteiger partial charge in [0.05, 0.1) is 6.42 Å². The number of hydrogen-bond acceptors (Lipinski definition) is 3. The second-order valence-electron chi connectivity index (χ2n) is 1.45. The molecule has 8 heteroatoms. The van der Waals surface area contributed by atoms with Crippen molar-refractivity contribution in [2.45, 2.75) is 12.5 Å². The van der Waals surface area contributed by atoms with Crippen molar-refractivity contribution < 1.29 is 30.4 Å². The van der Waals surface area contributed by atoms with Gasteiger partial charge in [-0.15, -0.1) is 0 Å². The Balaban J connectivity index is -0.000000107. The van der Waals surface area contributed by atoms with E-state index in [0.29, 0.717) is 0 Å². The van der Waals surface area contributed by atoms with E-state index in [1.165, 1.54) is 0 Å². The van der Waals surface area contributed by atoms with Crippen molar-refractivity contribution in [1.29, 1.82) is 0 Å². The number of aliphatic hydroxyl groups excluding tert-OH is 1. The van der Waals surface area contributed by atoms with Gasteiger partial charge in [0.15, 0.2) is 6.10 Å². The van der Waals surface area contributed by atoms with Crippen LogP contribution in [0.1, 0.15) is 6.42 Å². The number of hydrogen-bond donors (Lipinski definition) is 3. The van der Waals surface area contributed by atoms with Crippen LogP contribution in [-0.2, 0) is 9.59 Å². The molecule has 5 N–H and O–H groups in total. The number of aliphatic carboxylic acids is 2. The van der Waals surface area contributed by atoms with Crippen LogP contribution in [0.2, 0.25) is 0 Å². The Bertz CT molecular complexity index is 138. The first-order valence-corrected chi connectivity index (χ1v) is 2.16. The van der Waals surface area contributed by atoms with Gasteiger partial charge in [0.1, 0.15) is 0 Å². The van der Waals surface area contributed by atoms with Crippen LogP contribution in [0.25, 0.3) is 0 Å². The van der Waals surface area contributed by atoms with E-state index in [9.17, 15) is 9.59 Å². The van der Waals surface area contributed by atoms with Crippen LogP contribution < -0.4 is 0 Å². The predicted octanol–water partition coefficient (Wildman–Crippen LogP) is -2.68. The third-order valence-corrected chi connectivity index (χ3v) is 0.653. The van der Waals surface area contributed by atoms with E-state index in [1.807, 2.05) is 0 Å². The van der Waals surface area contributed by atoms with Crippen LogP contribution >= 0.6 is 0 Å². The van der Waals surface area contributed by atoms with Crippen LogP contribution in [0.3, 0.4) is 0 Å². The molecule has 0 spiro atoms. The molecule has 62 valence electrons. The Morgan fingerprint density at radius 1 is 1.17 bits per heavy atom. The standard InChI is InChI=1S/C4H6O5.2Na.H2O/c5-2(4(8)9)1-3(6)7;;;/h2,5H,1H2,(H,6,7)(H,8,9);;;1H2/t2-;;;/m0.../s1. The Morgan fingerprint density at radius 3 is 1.58 bits per heavy atom. The summed E-state index contributed by atoms with van der Waals surface area (Å²) < 4.78 is 0. The van der Waals surface area contributed by atoms with Crippen LogP contribution in [-0.4, -0.2) is 98.0 Å². The molecule has 0 aliphatic rings. The van der Waals surface area contributed by atoms with Gasteiger partial charge in [-0.2, -0.15) is 0 Å². The van der Waals surface area contributed by atoms with Gasteiger partial charge in [0.25, 0.3) is 0 Å². The molecule has 0 heterocycles. The topological polar surface area (TPSA) is 126 Å². The maximum Gasteiger partial charge on any atom is 0.333 e. The fourth-order valence-corrected chi connectivity index (χ4v) is 0.253. The minimum Gasteiger partial charge on any atom is -0.481 e. The molecule has 0 aromatic heterocycles. The Kier molecular flexibility index (Phi) is 22.8. The Hall–Kier alpha value is 0.860. The van der Waals surface area contributed by atoms with E-state index in [4.69, 9.17) is 15.3 Å². The van der Waals surface area contributed by atoms with Crippen molar-refractivity contribution in [2.24, 2.45) is 0 Å². The zero-order valence-electron chi connectivity index (χ0n) is 6.94. The molecule has 12 heavy (non-hydrogen) atoms. The van der Waals surface area contributed by atoms with E-state index >= 15 is 0 Å². The average molecular weight is 198 g/mol. The van der Waals surface area contributed by atoms with Gasteiger partial charge in [-0.25, -0.2) is 4.79 Å². The van der Waals surface area contributed by atoms with E-state index < -0.39 is 24.5 Å². The summed E-state index contributed by atoms with van der Waals surface area (Å²) in [6, 6.07) is 0. The SMILES string of the molecule is O.O=C(O)C[C@H](O)C(=O)O.[Na].[Na]. The van der Waals surface area contributed by atoms with Crippen molar-refractivity contribution in [3.8, 4) is 0 Å².